The number of carbonyl (C=O) groups is 1. The molecule has 0 radical (unpaired) electrons. The van der Waals surface area contributed by atoms with E-state index in [1.54, 1.807) is 0 Å². The topological polar surface area (TPSA) is 40.5 Å². The van der Waals surface area contributed by atoms with E-state index >= 15 is 0 Å². The highest BCUT2D eigenvalue weighted by molar-refractivity contribution is 5.49. The molecule has 0 aliphatic carbocycles. The van der Waals surface area contributed by atoms with Crippen molar-refractivity contribution < 1.29 is 9.90 Å². The summed E-state index contributed by atoms with van der Waals surface area (Å²) in [6.07, 6.45) is 5.28. The fourth-order valence-electron chi connectivity index (χ4n) is 2.89. The van der Waals surface area contributed by atoms with Crippen molar-refractivity contribution in [2.24, 2.45) is 5.92 Å². The Morgan fingerprint density at radius 1 is 1.50 bits per heavy atom. The molecule has 3 nitrogen and oxygen atoms in total. The van der Waals surface area contributed by atoms with Gasteiger partial charge in [0.25, 0.3) is 0 Å². The zero-order chi connectivity index (χ0) is 10.0. The van der Waals surface area contributed by atoms with Gasteiger partial charge in [0.2, 0.25) is 0 Å². The minimum absolute atomic E-state index is 0.407. The summed E-state index contributed by atoms with van der Waals surface area (Å²) in [5.74, 6) is 0.407. The average molecular weight is 197 g/mol. The standard InChI is InChI=1S/C11H19NO2/c13-8-2-4-11(14)5-7-12-6-1-3-10(11)9-12/h8,10,14H,1-7,9H2. The molecule has 2 aliphatic rings. The van der Waals surface area contributed by atoms with Crippen LogP contribution in [0, 0.1) is 5.92 Å². The molecule has 0 aromatic heterocycles. The van der Waals surface area contributed by atoms with Gasteiger partial charge in [0.1, 0.15) is 6.29 Å². The van der Waals surface area contributed by atoms with Crippen LogP contribution in [0.25, 0.3) is 0 Å². The maximum absolute atomic E-state index is 10.4. The molecule has 0 amide bonds. The van der Waals surface area contributed by atoms with Crippen molar-refractivity contribution in [3.8, 4) is 0 Å². The number of hydrogen-bond donors (Lipinski definition) is 1. The predicted octanol–water partition coefficient (Wildman–Crippen LogP) is 0.812. The molecule has 80 valence electrons. The summed E-state index contributed by atoms with van der Waals surface area (Å²) >= 11 is 0. The van der Waals surface area contributed by atoms with Gasteiger partial charge in [-0.15, -0.1) is 0 Å². The number of fused-ring (bicyclic) bond motifs is 2. The second kappa shape index (κ2) is 3.99. The Kier molecular flexibility index (Phi) is 2.88. The summed E-state index contributed by atoms with van der Waals surface area (Å²) in [4.78, 5) is 12.8. The lowest BCUT2D eigenvalue weighted by Gasteiger charge is -2.48. The number of nitrogens with zero attached hydrogens (tertiary/aromatic N) is 1. The highest BCUT2D eigenvalue weighted by atomic mass is 16.3. The maximum atomic E-state index is 10.4. The van der Waals surface area contributed by atoms with Crippen LogP contribution in [0.3, 0.4) is 0 Å². The molecule has 2 bridgehead atoms. The second-order valence-electron chi connectivity index (χ2n) is 4.70. The Labute approximate surface area is 85.1 Å². The Bertz CT molecular complexity index is 219. The molecular weight excluding hydrogens is 178 g/mol. The predicted molar refractivity (Wildman–Crippen MR) is 54.0 cm³/mol. The summed E-state index contributed by atoms with van der Waals surface area (Å²) < 4.78 is 0. The van der Waals surface area contributed by atoms with Crippen LogP contribution in [0.5, 0.6) is 0 Å². The molecule has 2 saturated heterocycles. The van der Waals surface area contributed by atoms with E-state index in [2.05, 4.69) is 4.90 Å². The molecule has 0 spiro atoms. The van der Waals surface area contributed by atoms with Gasteiger partial charge in [-0.2, -0.15) is 0 Å². The lowest BCUT2D eigenvalue weighted by Crippen LogP contribution is -2.54. The van der Waals surface area contributed by atoms with Crippen molar-refractivity contribution in [1.82, 2.24) is 4.90 Å². The molecule has 2 aliphatic heterocycles. The van der Waals surface area contributed by atoms with E-state index in [1.807, 2.05) is 0 Å². The first-order chi connectivity index (χ1) is 6.74. The Hall–Kier alpha value is -0.410. The van der Waals surface area contributed by atoms with Gasteiger partial charge in [-0.1, -0.05) is 0 Å². The minimum Gasteiger partial charge on any atom is -0.389 e. The number of piperidine rings is 2. The first kappa shape index (κ1) is 10.1. The molecule has 0 aromatic carbocycles. The van der Waals surface area contributed by atoms with Crippen LogP contribution >= 0.6 is 0 Å². The van der Waals surface area contributed by atoms with Gasteiger partial charge in [-0.25, -0.2) is 0 Å². The molecule has 0 saturated carbocycles. The van der Waals surface area contributed by atoms with E-state index in [0.717, 1.165) is 32.2 Å². The molecule has 3 atom stereocenters. The van der Waals surface area contributed by atoms with Crippen molar-refractivity contribution in [1.29, 1.82) is 0 Å². The van der Waals surface area contributed by atoms with Gasteiger partial charge in [0.15, 0.2) is 0 Å². The number of rotatable bonds is 3. The fourth-order valence-corrected chi connectivity index (χ4v) is 2.89. The smallest absolute Gasteiger partial charge is 0.120 e. The monoisotopic (exact) mass is 197 g/mol. The number of hydrogen-bond acceptors (Lipinski definition) is 3. The van der Waals surface area contributed by atoms with Crippen molar-refractivity contribution in [3.05, 3.63) is 0 Å². The van der Waals surface area contributed by atoms with E-state index in [9.17, 15) is 9.90 Å². The van der Waals surface area contributed by atoms with Gasteiger partial charge in [0, 0.05) is 25.4 Å². The molecule has 2 rings (SSSR count). The van der Waals surface area contributed by atoms with Crippen LogP contribution in [-0.2, 0) is 4.79 Å². The molecule has 3 unspecified atom stereocenters. The van der Waals surface area contributed by atoms with Crippen LogP contribution in [0.2, 0.25) is 0 Å². The molecule has 2 fully saturated rings. The average Bonchev–Trinajstić information content (AvgIpc) is 2.23. The SMILES string of the molecule is O=CCCC1(O)CCN2CCCC1C2. The maximum Gasteiger partial charge on any atom is 0.120 e. The van der Waals surface area contributed by atoms with E-state index in [0.29, 0.717) is 18.8 Å². The first-order valence-electron chi connectivity index (χ1n) is 5.63. The number of aliphatic hydroxyl groups is 1. The first-order valence-corrected chi connectivity index (χ1v) is 5.63. The summed E-state index contributed by atoms with van der Waals surface area (Å²) in [5, 5.41) is 10.4. The summed E-state index contributed by atoms with van der Waals surface area (Å²) in [6.45, 7) is 3.24. The zero-order valence-electron chi connectivity index (χ0n) is 8.61. The fraction of sp³-hybridized carbons (Fsp3) is 0.909. The van der Waals surface area contributed by atoms with Gasteiger partial charge in [0.05, 0.1) is 5.60 Å². The van der Waals surface area contributed by atoms with Crippen LogP contribution in [0.1, 0.15) is 32.1 Å². The van der Waals surface area contributed by atoms with Crippen LogP contribution in [-0.4, -0.2) is 41.5 Å². The lowest BCUT2D eigenvalue weighted by molar-refractivity contribution is -0.115. The molecule has 0 aromatic rings. The Morgan fingerprint density at radius 2 is 2.36 bits per heavy atom. The van der Waals surface area contributed by atoms with Gasteiger partial charge < -0.3 is 14.8 Å². The van der Waals surface area contributed by atoms with Crippen molar-refractivity contribution >= 4 is 6.29 Å². The van der Waals surface area contributed by atoms with E-state index in [-0.39, 0.29) is 0 Å². The van der Waals surface area contributed by atoms with Crippen LogP contribution < -0.4 is 0 Å². The number of aldehydes is 1. The van der Waals surface area contributed by atoms with Gasteiger partial charge in [-0.3, -0.25) is 0 Å². The largest absolute Gasteiger partial charge is 0.389 e. The quantitative estimate of drug-likeness (QED) is 0.681. The molecule has 2 heterocycles. The molecular formula is C11H19NO2. The highest BCUT2D eigenvalue weighted by Crippen LogP contribution is 2.37. The number of carbonyl (C=O) groups excluding carboxylic acids is 1. The zero-order valence-corrected chi connectivity index (χ0v) is 8.61. The third-order valence-corrected chi connectivity index (χ3v) is 3.82. The second-order valence-corrected chi connectivity index (χ2v) is 4.70. The van der Waals surface area contributed by atoms with E-state index in [4.69, 9.17) is 0 Å². The normalized spacial score (nSPS) is 42.1. The third kappa shape index (κ3) is 1.84. The van der Waals surface area contributed by atoms with E-state index < -0.39 is 5.60 Å². The highest BCUT2D eigenvalue weighted by Gasteiger charge is 2.42. The molecule has 14 heavy (non-hydrogen) atoms. The van der Waals surface area contributed by atoms with Crippen molar-refractivity contribution in [2.45, 2.75) is 37.7 Å². The Balaban J connectivity index is 1.99. The molecule has 3 heteroatoms. The van der Waals surface area contributed by atoms with Crippen LogP contribution in [0.15, 0.2) is 0 Å². The molecule has 1 N–H and O–H groups in total. The van der Waals surface area contributed by atoms with Crippen molar-refractivity contribution in [2.75, 3.05) is 19.6 Å². The Morgan fingerprint density at radius 3 is 3.14 bits per heavy atom. The van der Waals surface area contributed by atoms with Crippen LogP contribution in [0.4, 0.5) is 0 Å². The van der Waals surface area contributed by atoms with Gasteiger partial charge >= 0.3 is 0 Å². The summed E-state index contributed by atoms with van der Waals surface area (Å²) in [6, 6.07) is 0. The van der Waals surface area contributed by atoms with Gasteiger partial charge in [-0.05, 0) is 32.2 Å². The summed E-state index contributed by atoms with van der Waals surface area (Å²) in [7, 11) is 0. The van der Waals surface area contributed by atoms with Crippen molar-refractivity contribution in [3.63, 3.8) is 0 Å². The lowest BCUT2D eigenvalue weighted by atomic mass is 9.74. The minimum atomic E-state index is -0.544. The van der Waals surface area contributed by atoms with E-state index in [1.165, 1.54) is 13.0 Å². The third-order valence-electron chi connectivity index (χ3n) is 3.82. The summed E-state index contributed by atoms with van der Waals surface area (Å²) in [5.41, 5.74) is -0.544.